The molecule has 0 saturated carbocycles. The summed E-state index contributed by atoms with van der Waals surface area (Å²) in [5, 5.41) is 2.02. The van der Waals surface area contributed by atoms with Crippen molar-refractivity contribution in [3.63, 3.8) is 0 Å². The van der Waals surface area contributed by atoms with Crippen LogP contribution in [0.3, 0.4) is 0 Å². The molecule has 1 aromatic heterocycles. The van der Waals surface area contributed by atoms with E-state index in [1.54, 1.807) is 11.3 Å². The molecule has 2 rings (SSSR count). The Morgan fingerprint density at radius 2 is 2.27 bits per heavy atom. The molecular weight excluding hydrogens is 160 g/mol. The van der Waals surface area contributed by atoms with Crippen LogP contribution >= 0.6 is 11.3 Å². The van der Waals surface area contributed by atoms with E-state index in [0.717, 1.165) is 17.9 Å². The number of thiophene rings is 1. The lowest BCUT2D eigenvalue weighted by Gasteiger charge is -2.15. The lowest BCUT2D eigenvalue weighted by atomic mass is 10.3. The third kappa shape index (κ3) is 1.09. The summed E-state index contributed by atoms with van der Waals surface area (Å²) in [7, 11) is 0. The predicted octanol–water partition coefficient (Wildman–Crippen LogP) is 2.08. The zero-order valence-electron chi connectivity index (χ0n) is 6.42. The number of fused-ring (bicyclic) bond motifs is 1. The van der Waals surface area contributed by atoms with Gasteiger partial charge in [0.15, 0.2) is 11.5 Å². The SMILES string of the molecule is CCc1scc2c1OCCO2. The second-order valence-electron chi connectivity index (χ2n) is 2.40. The average Bonchev–Trinajstić information content (AvgIpc) is 2.47. The summed E-state index contributed by atoms with van der Waals surface area (Å²) in [5.41, 5.74) is 0. The summed E-state index contributed by atoms with van der Waals surface area (Å²) in [6.07, 6.45) is 1.03. The zero-order valence-corrected chi connectivity index (χ0v) is 7.24. The zero-order chi connectivity index (χ0) is 7.68. The molecule has 0 saturated heterocycles. The highest BCUT2D eigenvalue weighted by atomic mass is 32.1. The number of rotatable bonds is 1. The van der Waals surface area contributed by atoms with Gasteiger partial charge < -0.3 is 9.47 Å². The molecule has 1 aliphatic heterocycles. The first-order valence-electron chi connectivity index (χ1n) is 3.77. The summed E-state index contributed by atoms with van der Waals surface area (Å²) >= 11 is 1.72. The van der Waals surface area contributed by atoms with Crippen molar-refractivity contribution in [3.8, 4) is 11.5 Å². The minimum absolute atomic E-state index is 0.687. The van der Waals surface area contributed by atoms with Crippen LogP contribution in [-0.4, -0.2) is 13.2 Å². The fraction of sp³-hybridized carbons (Fsp3) is 0.500. The molecule has 0 unspecified atom stereocenters. The Balaban J connectivity index is 2.38. The Kier molecular flexibility index (Phi) is 1.74. The smallest absolute Gasteiger partial charge is 0.175 e. The number of aryl methyl sites for hydroxylation is 1. The van der Waals surface area contributed by atoms with E-state index in [9.17, 15) is 0 Å². The van der Waals surface area contributed by atoms with Crippen molar-refractivity contribution in [2.24, 2.45) is 0 Å². The van der Waals surface area contributed by atoms with Crippen LogP contribution in [-0.2, 0) is 6.42 Å². The molecule has 2 nitrogen and oxygen atoms in total. The van der Waals surface area contributed by atoms with E-state index in [4.69, 9.17) is 9.47 Å². The molecule has 1 aromatic rings. The summed E-state index contributed by atoms with van der Waals surface area (Å²) in [6.45, 7) is 3.51. The fourth-order valence-corrected chi connectivity index (χ4v) is 2.02. The van der Waals surface area contributed by atoms with Gasteiger partial charge in [-0.25, -0.2) is 0 Å². The molecule has 0 aromatic carbocycles. The predicted molar refractivity (Wildman–Crippen MR) is 44.7 cm³/mol. The molecule has 60 valence electrons. The maximum Gasteiger partial charge on any atom is 0.175 e. The minimum Gasteiger partial charge on any atom is -0.485 e. The van der Waals surface area contributed by atoms with Gasteiger partial charge in [0.1, 0.15) is 13.2 Å². The largest absolute Gasteiger partial charge is 0.485 e. The van der Waals surface area contributed by atoms with E-state index < -0.39 is 0 Å². The van der Waals surface area contributed by atoms with Gasteiger partial charge in [-0.3, -0.25) is 0 Å². The molecule has 0 spiro atoms. The van der Waals surface area contributed by atoms with E-state index in [-0.39, 0.29) is 0 Å². The van der Waals surface area contributed by atoms with Crippen molar-refractivity contribution in [1.82, 2.24) is 0 Å². The molecule has 0 N–H and O–H groups in total. The highest BCUT2D eigenvalue weighted by molar-refractivity contribution is 7.10. The standard InChI is InChI=1S/C8H10O2S/c1-2-7-8-6(5-11-7)9-3-4-10-8/h5H,2-4H2,1H3. The number of ether oxygens (including phenoxy) is 2. The summed E-state index contributed by atoms with van der Waals surface area (Å²) < 4.78 is 10.9. The normalized spacial score (nSPS) is 15.0. The van der Waals surface area contributed by atoms with Gasteiger partial charge in [0.2, 0.25) is 0 Å². The van der Waals surface area contributed by atoms with Crippen molar-refractivity contribution in [2.45, 2.75) is 13.3 Å². The molecule has 0 fully saturated rings. The third-order valence-corrected chi connectivity index (χ3v) is 2.78. The molecule has 0 radical (unpaired) electrons. The molecule has 0 aliphatic carbocycles. The van der Waals surface area contributed by atoms with E-state index in [1.807, 2.05) is 5.38 Å². The van der Waals surface area contributed by atoms with Gasteiger partial charge in [-0.1, -0.05) is 6.92 Å². The fourth-order valence-electron chi connectivity index (χ4n) is 1.16. The Hall–Kier alpha value is -0.700. The number of hydrogen-bond donors (Lipinski definition) is 0. The molecular formula is C8H10O2S. The molecule has 0 amide bonds. The lowest BCUT2D eigenvalue weighted by Crippen LogP contribution is -2.14. The van der Waals surface area contributed by atoms with Crippen LogP contribution in [0.5, 0.6) is 11.5 Å². The van der Waals surface area contributed by atoms with Crippen LogP contribution < -0.4 is 9.47 Å². The van der Waals surface area contributed by atoms with Gasteiger partial charge in [-0.15, -0.1) is 11.3 Å². The maximum atomic E-state index is 5.47. The van der Waals surface area contributed by atoms with Gasteiger partial charge in [-0.2, -0.15) is 0 Å². The van der Waals surface area contributed by atoms with Crippen LogP contribution in [0.25, 0.3) is 0 Å². The third-order valence-electron chi connectivity index (χ3n) is 1.69. The monoisotopic (exact) mass is 170 g/mol. The summed E-state index contributed by atoms with van der Waals surface area (Å²) in [6, 6.07) is 0. The van der Waals surface area contributed by atoms with E-state index in [0.29, 0.717) is 13.2 Å². The van der Waals surface area contributed by atoms with Crippen LogP contribution in [0.2, 0.25) is 0 Å². The second-order valence-corrected chi connectivity index (χ2v) is 3.37. The molecule has 1 aliphatic rings. The van der Waals surface area contributed by atoms with Gasteiger partial charge in [0.05, 0.1) is 4.88 Å². The van der Waals surface area contributed by atoms with Gasteiger partial charge >= 0.3 is 0 Å². The van der Waals surface area contributed by atoms with E-state index in [1.165, 1.54) is 4.88 Å². The highest BCUT2D eigenvalue weighted by Crippen LogP contribution is 2.39. The van der Waals surface area contributed by atoms with E-state index >= 15 is 0 Å². The van der Waals surface area contributed by atoms with Crippen molar-refractivity contribution >= 4 is 11.3 Å². The molecule has 3 heteroatoms. The lowest BCUT2D eigenvalue weighted by molar-refractivity contribution is 0.172. The number of hydrogen-bond acceptors (Lipinski definition) is 3. The molecule has 0 bridgehead atoms. The Labute approximate surface area is 69.8 Å². The van der Waals surface area contributed by atoms with Crippen molar-refractivity contribution < 1.29 is 9.47 Å². The first-order valence-corrected chi connectivity index (χ1v) is 4.65. The van der Waals surface area contributed by atoms with Gasteiger partial charge in [0.25, 0.3) is 0 Å². The summed E-state index contributed by atoms with van der Waals surface area (Å²) in [5.74, 6) is 1.90. The Morgan fingerprint density at radius 3 is 3.09 bits per heavy atom. The van der Waals surface area contributed by atoms with Crippen molar-refractivity contribution in [2.75, 3.05) is 13.2 Å². The minimum atomic E-state index is 0.687. The first kappa shape index (κ1) is 6.98. The maximum absolute atomic E-state index is 5.47. The topological polar surface area (TPSA) is 18.5 Å². The second kappa shape index (κ2) is 2.74. The Morgan fingerprint density at radius 1 is 1.45 bits per heavy atom. The van der Waals surface area contributed by atoms with Crippen LogP contribution in [0, 0.1) is 0 Å². The van der Waals surface area contributed by atoms with Crippen molar-refractivity contribution in [1.29, 1.82) is 0 Å². The van der Waals surface area contributed by atoms with Crippen LogP contribution in [0.1, 0.15) is 11.8 Å². The van der Waals surface area contributed by atoms with Gasteiger partial charge in [-0.05, 0) is 6.42 Å². The van der Waals surface area contributed by atoms with Crippen LogP contribution in [0.4, 0.5) is 0 Å². The summed E-state index contributed by atoms with van der Waals surface area (Å²) in [4.78, 5) is 1.29. The Bertz CT molecular complexity index is 241. The van der Waals surface area contributed by atoms with E-state index in [2.05, 4.69) is 6.92 Å². The van der Waals surface area contributed by atoms with Crippen molar-refractivity contribution in [3.05, 3.63) is 10.3 Å². The first-order chi connectivity index (χ1) is 5.42. The van der Waals surface area contributed by atoms with Crippen LogP contribution in [0.15, 0.2) is 5.38 Å². The molecule has 0 atom stereocenters. The quantitative estimate of drug-likeness (QED) is 0.642. The molecule has 11 heavy (non-hydrogen) atoms. The highest BCUT2D eigenvalue weighted by Gasteiger charge is 2.16. The van der Waals surface area contributed by atoms with Gasteiger partial charge in [0, 0.05) is 5.38 Å². The molecule has 2 heterocycles. The average molecular weight is 170 g/mol.